The largest absolute Gasteiger partial charge is 0.381 e. The van der Waals surface area contributed by atoms with Crippen LogP contribution in [0.2, 0.25) is 5.02 Å². The minimum Gasteiger partial charge on any atom is -0.381 e. The van der Waals surface area contributed by atoms with Crippen LogP contribution >= 0.6 is 11.6 Å². The Labute approximate surface area is 116 Å². The molecule has 3 rings (SSSR count). The lowest BCUT2D eigenvalue weighted by molar-refractivity contribution is 0.104. The van der Waals surface area contributed by atoms with Crippen LogP contribution in [-0.2, 0) is 5.60 Å². The monoisotopic (exact) mass is 271 g/mol. The Hall–Kier alpha value is -1.77. The molecule has 0 saturated carbocycles. The topological polar surface area (TPSA) is 36.0 Å². The zero-order valence-corrected chi connectivity index (χ0v) is 11.3. The highest BCUT2D eigenvalue weighted by atomic mass is 35.5. The molecule has 2 nitrogen and oxygen atoms in total. The van der Waals surface area contributed by atoms with Crippen LogP contribution in [0, 0.1) is 0 Å². The molecule has 2 aromatic carbocycles. The summed E-state index contributed by atoms with van der Waals surface area (Å²) in [5.41, 5.74) is 1.68. The smallest absolute Gasteiger partial charge is 0.112 e. The van der Waals surface area contributed by atoms with E-state index in [1.807, 2.05) is 42.6 Å². The molecule has 3 heteroatoms. The van der Waals surface area contributed by atoms with E-state index in [1.54, 1.807) is 19.1 Å². The van der Waals surface area contributed by atoms with E-state index in [0.29, 0.717) is 5.02 Å². The van der Waals surface area contributed by atoms with Gasteiger partial charge in [0.05, 0.1) is 0 Å². The summed E-state index contributed by atoms with van der Waals surface area (Å²) in [6.45, 7) is 1.80. The average molecular weight is 272 g/mol. The Kier molecular flexibility index (Phi) is 2.85. The first-order valence-electron chi connectivity index (χ1n) is 6.14. The molecule has 0 spiro atoms. The summed E-state index contributed by atoms with van der Waals surface area (Å²) in [5.74, 6) is 0. The molecule has 0 amide bonds. The third kappa shape index (κ3) is 2.03. The lowest BCUT2D eigenvalue weighted by atomic mass is 9.86. The van der Waals surface area contributed by atoms with Crippen molar-refractivity contribution < 1.29 is 5.11 Å². The normalized spacial score (nSPS) is 14.5. The molecule has 0 aliphatic rings. The fourth-order valence-electron chi connectivity index (χ4n) is 2.44. The number of aromatic amines is 1. The number of halogens is 1. The number of fused-ring (bicyclic) bond motifs is 1. The van der Waals surface area contributed by atoms with E-state index in [4.69, 9.17) is 11.6 Å². The zero-order valence-electron chi connectivity index (χ0n) is 10.5. The Balaban J connectivity index is 2.18. The van der Waals surface area contributed by atoms with Crippen molar-refractivity contribution in [3.63, 3.8) is 0 Å². The molecule has 0 radical (unpaired) electrons. The van der Waals surface area contributed by atoms with Crippen molar-refractivity contribution in [3.8, 4) is 0 Å². The summed E-state index contributed by atoms with van der Waals surface area (Å²) in [6, 6.07) is 15.2. The standard InChI is InChI=1S/C16H14ClNO/c1-16(19,11-5-7-12(17)8-6-11)14-3-2-4-15-13(14)9-10-18-15/h2-10,18-19H,1H3. The van der Waals surface area contributed by atoms with Crippen molar-refractivity contribution in [3.05, 3.63) is 70.9 Å². The van der Waals surface area contributed by atoms with Gasteiger partial charge in [-0.3, -0.25) is 0 Å². The fraction of sp³-hybridized carbons (Fsp3) is 0.125. The number of aromatic nitrogens is 1. The number of aliphatic hydroxyl groups is 1. The third-order valence-electron chi connectivity index (χ3n) is 3.53. The zero-order chi connectivity index (χ0) is 13.5. The Bertz CT molecular complexity index is 713. The second-order valence-corrected chi connectivity index (χ2v) is 5.26. The maximum absolute atomic E-state index is 10.9. The van der Waals surface area contributed by atoms with Crippen molar-refractivity contribution in [2.75, 3.05) is 0 Å². The maximum atomic E-state index is 10.9. The summed E-state index contributed by atoms with van der Waals surface area (Å²) in [6.07, 6.45) is 1.88. The summed E-state index contributed by atoms with van der Waals surface area (Å²) in [4.78, 5) is 3.16. The van der Waals surface area contributed by atoms with Crippen LogP contribution in [0.4, 0.5) is 0 Å². The lowest BCUT2D eigenvalue weighted by Crippen LogP contribution is -2.22. The molecule has 1 aromatic heterocycles. The van der Waals surface area contributed by atoms with Crippen LogP contribution in [0.25, 0.3) is 10.9 Å². The minimum absolute atomic E-state index is 0.666. The summed E-state index contributed by atoms with van der Waals surface area (Å²) in [7, 11) is 0. The molecule has 1 unspecified atom stereocenters. The number of hydrogen-bond donors (Lipinski definition) is 2. The molecular formula is C16H14ClNO. The Morgan fingerprint density at radius 2 is 1.79 bits per heavy atom. The van der Waals surface area contributed by atoms with Gasteiger partial charge in [-0.25, -0.2) is 0 Å². The number of hydrogen-bond acceptors (Lipinski definition) is 1. The van der Waals surface area contributed by atoms with E-state index in [2.05, 4.69) is 4.98 Å². The Morgan fingerprint density at radius 1 is 1.05 bits per heavy atom. The minimum atomic E-state index is -1.05. The van der Waals surface area contributed by atoms with Crippen molar-refractivity contribution in [2.45, 2.75) is 12.5 Å². The van der Waals surface area contributed by atoms with E-state index < -0.39 is 5.60 Å². The van der Waals surface area contributed by atoms with Gasteiger partial charge in [-0.05, 0) is 42.3 Å². The van der Waals surface area contributed by atoms with Crippen molar-refractivity contribution in [1.82, 2.24) is 4.98 Å². The first-order chi connectivity index (χ1) is 9.09. The predicted molar refractivity (Wildman–Crippen MR) is 78.4 cm³/mol. The van der Waals surface area contributed by atoms with Gasteiger partial charge in [0.1, 0.15) is 5.60 Å². The van der Waals surface area contributed by atoms with Crippen molar-refractivity contribution in [1.29, 1.82) is 0 Å². The van der Waals surface area contributed by atoms with Crippen LogP contribution in [0.3, 0.4) is 0 Å². The SMILES string of the molecule is CC(O)(c1ccc(Cl)cc1)c1cccc2[nH]ccc12. The molecule has 2 N–H and O–H groups in total. The predicted octanol–water partition coefficient (Wildman–Crippen LogP) is 4.08. The lowest BCUT2D eigenvalue weighted by Gasteiger charge is -2.25. The molecule has 0 aliphatic carbocycles. The first-order valence-corrected chi connectivity index (χ1v) is 6.52. The molecule has 0 saturated heterocycles. The number of nitrogens with one attached hydrogen (secondary N) is 1. The van der Waals surface area contributed by atoms with Gasteiger partial charge in [0, 0.05) is 22.1 Å². The third-order valence-corrected chi connectivity index (χ3v) is 3.78. The number of benzene rings is 2. The van der Waals surface area contributed by atoms with Gasteiger partial charge in [0.2, 0.25) is 0 Å². The Morgan fingerprint density at radius 3 is 2.53 bits per heavy atom. The summed E-state index contributed by atoms with van der Waals surface area (Å²) in [5, 5.41) is 12.6. The highest BCUT2D eigenvalue weighted by Gasteiger charge is 2.27. The fourth-order valence-corrected chi connectivity index (χ4v) is 2.57. The van der Waals surface area contributed by atoms with Gasteiger partial charge in [-0.1, -0.05) is 35.9 Å². The van der Waals surface area contributed by atoms with Crippen LogP contribution < -0.4 is 0 Å². The van der Waals surface area contributed by atoms with Crippen LogP contribution in [0.15, 0.2) is 54.7 Å². The van der Waals surface area contributed by atoms with E-state index in [-0.39, 0.29) is 0 Å². The van der Waals surface area contributed by atoms with E-state index in [0.717, 1.165) is 22.0 Å². The van der Waals surface area contributed by atoms with Crippen LogP contribution in [0.5, 0.6) is 0 Å². The van der Waals surface area contributed by atoms with Crippen LogP contribution in [0.1, 0.15) is 18.1 Å². The summed E-state index contributed by atoms with van der Waals surface area (Å²) < 4.78 is 0. The van der Waals surface area contributed by atoms with E-state index in [1.165, 1.54) is 0 Å². The van der Waals surface area contributed by atoms with Gasteiger partial charge >= 0.3 is 0 Å². The number of rotatable bonds is 2. The van der Waals surface area contributed by atoms with Gasteiger partial charge in [-0.15, -0.1) is 0 Å². The second-order valence-electron chi connectivity index (χ2n) is 4.82. The molecule has 0 fully saturated rings. The highest BCUT2D eigenvalue weighted by molar-refractivity contribution is 6.30. The van der Waals surface area contributed by atoms with Gasteiger partial charge in [0.25, 0.3) is 0 Å². The quantitative estimate of drug-likeness (QED) is 0.724. The van der Waals surface area contributed by atoms with Crippen LogP contribution in [-0.4, -0.2) is 10.1 Å². The molecule has 3 aromatic rings. The highest BCUT2D eigenvalue weighted by Crippen LogP contribution is 2.34. The van der Waals surface area contributed by atoms with Crippen molar-refractivity contribution in [2.24, 2.45) is 0 Å². The first kappa shape index (κ1) is 12.3. The molecule has 96 valence electrons. The van der Waals surface area contributed by atoms with E-state index in [9.17, 15) is 5.11 Å². The average Bonchev–Trinajstić information content (AvgIpc) is 2.87. The van der Waals surface area contributed by atoms with Gasteiger partial charge < -0.3 is 10.1 Å². The molecule has 0 bridgehead atoms. The van der Waals surface area contributed by atoms with Crippen molar-refractivity contribution >= 4 is 22.5 Å². The molecule has 19 heavy (non-hydrogen) atoms. The number of H-pyrrole nitrogens is 1. The van der Waals surface area contributed by atoms with Gasteiger partial charge in [-0.2, -0.15) is 0 Å². The second kappa shape index (κ2) is 4.41. The summed E-state index contributed by atoms with van der Waals surface area (Å²) >= 11 is 5.90. The molecular weight excluding hydrogens is 258 g/mol. The van der Waals surface area contributed by atoms with Gasteiger partial charge in [0.15, 0.2) is 0 Å². The molecule has 0 aliphatic heterocycles. The molecule has 1 heterocycles. The molecule has 1 atom stereocenters. The maximum Gasteiger partial charge on any atom is 0.112 e. The van der Waals surface area contributed by atoms with E-state index >= 15 is 0 Å².